The Hall–Kier alpha value is -1.39. The van der Waals surface area contributed by atoms with Crippen LogP contribution in [0.4, 0.5) is 0 Å². The second-order valence-corrected chi connectivity index (χ2v) is 2.80. The number of Topliss-reactive ketones (excluding diaryl/α,β-unsaturated/α-hetero) is 1. The molecule has 1 amide bonds. The molecule has 0 heterocycles. The van der Waals surface area contributed by atoms with E-state index in [9.17, 15) is 14.4 Å². The van der Waals surface area contributed by atoms with E-state index in [2.05, 4.69) is 5.32 Å². The van der Waals surface area contributed by atoms with Crippen LogP contribution < -0.4 is 5.32 Å². The Kier molecular flexibility index (Phi) is 9.82. The van der Waals surface area contributed by atoms with E-state index in [1.54, 1.807) is 0 Å². The maximum Gasteiger partial charge on any atom is 0.303 e. The molecule has 0 saturated heterocycles. The predicted octanol–water partition coefficient (Wildman–Crippen LogP) is 0.971. The molecule has 0 rings (SSSR count). The third-order valence-electron chi connectivity index (χ3n) is 1.52. The number of carbonyl (C=O) groups excluding carboxylic acids is 2. The Bertz CT molecular complexity index is 225. The normalized spacial score (nSPS) is 10.7. The smallest absolute Gasteiger partial charge is 0.303 e. The van der Waals surface area contributed by atoms with Gasteiger partial charge >= 0.3 is 5.97 Å². The van der Waals surface area contributed by atoms with E-state index in [1.165, 1.54) is 13.8 Å². The molecule has 5 heteroatoms. The summed E-state index contributed by atoms with van der Waals surface area (Å²) in [6.07, 6.45) is 0.0226. The fraction of sp³-hybridized carbons (Fsp3) is 0.700. The van der Waals surface area contributed by atoms with Crippen molar-refractivity contribution in [3.05, 3.63) is 0 Å². The summed E-state index contributed by atoms with van der Waals surface area (Å²) in [5.41, 5.74) is 0. The van der Waals surface area contributed by atoms with Gasteiger partial charge in [0.15, 0.2) is 5.78 Å². The van der Waals surface area contributed by atoms with Gasteiger partial charge < -0.3 is 10.4 Å². The van der Waals surface area contributed by atoms with E-state index in [0.717, 1.165) is 0 Å². The molecule has 0 fully saturated rings. The van der Waals surface area contributed by atoms with Crippen molar-refractivity contribution in [2.24, 2.45) is 0 Å². The molecule has 0 saturated carbocycles. The van der Waals surface area contributed by atoms with Gasteiger partial charge in [-0.2, -0.15) is 0 Å². The zero-order valence-electron chi connectivity index (χ0n) is 9.66. The maximum atomic E-state index is 10.9. The van der Waals surface area contributed by atoms with Crippen molar-refractivity contribution < 1.29 is 19.5 Å². The van der Waals surface area contributed by atoms with Crippen LogP contribution in [0.1, 0.15) is 40.5 Å². The second kappa shape index (κ2) is 9.18. The van der Waals surface area contributed by atoms with Gasteiger partial charge in [-0.25, -0.2) is 0 Å². The number of hydrogen-bond acceptors (Lipinski definition) is 3. The lowest BCUT2D eigenvalue weighted by Crippen LogP contribution is -2.38. The highest BCUT2D eigenvalue weighted by Crippen LogP contribution is 1.98. The van der Waals surface area contributed by atoms with Crippen molar-refractivity contribution in [2.45, 2.75) is 46.6 Å². The van der Waals surface area contributed by atoms with Crippen molar-refractivity contribution in [2.75, 3.05) is 0 Å². The topological polar surface area (TPSA) is 83.5 Å². The Morgan fingerprint density at radius 1 is 1.20 bits per heavy atom. The minimum Gasteiger partial charge on any atom is -0.481 e. The zero-order chi connectivity index (χ0) is 12.4. The van der Waals surface area contributed by atoms with Crippen molar-refractivity contribution in [3.8, 4) is 0 Å². The van der Waals surface area contributed by atoms with E-state index in [4.69, 9.17) is 5.11 Å². The molecule has 5 nitrogen and oxygen atoms in total. The van der Waals surface area contributed by atoms with Crippen LogP contribution >= 0.6 is 0 Å². The van der Waals surface area contributed by atoms with Gasteiger partial charge in [-0.15, -0.1) is 0 Å². The molecule has 0 aromatic heterocycles. The number of nitrogens with one attached hydrogen (secondary N) is 1. The summed E-state index contributed by atoms with van der Waals surface area (Å²) in [4.78, 5) is 31.7. The highest BCUT2D eigenvalue weighted by Gasteiger charge is 2.15. The molecule has 0 aromatic carbocycles. The molecule has 0 aliphatic carbocycles. The first-order valence-corrected chi connectivity index (χ1v) is 4.93. The van der Waals surface area contributed by atoms with Crippen LogP contribution in [0.25, 0.3) is 0 Å². The average Bonchev–Trinajstić information content (AvgIpc) is 2.14. The van der Waals surface area contributed by atoms with Crippen LogP contribution in [-0.2, 0) is 14.4 Å². The molecule has 0 spiro atoms. The van der Waals surface area contributed by atoms with Crippen molar-refractivity contribution in [3.63, 3.8) is 0 Å². The lowest BCUT2D eigenvalue weighted by atomic mass is 10.1. The summed E-state index contributed by atoms with van der Waals surface area (Å²) in [6.45, 7) is 6.61. The van der Waals surface area contributed by atoms with E-state index >= 15 is 0 Å². The molecule has 0 aromatic rings. The monoisotopic (exact) mass is 217 g/mol. The first-order valence-electron chi connectivity index (χ1n) is 4.93. The molecule has 0 bridgehead atoms. The van der Waals surface area contributed by atoms with Gasteiger partial charge in [-0.1, -0.05) is 13.8 Å². The summed E-state index contributed by atoms with van der Waals surface area (Å²) in [7, 11) is 0. The quantitative estimate of drug-likeness (QED) is 0.718. The van der Waals surface area contributed by atoms with E-state index in [-0.39, 0.29) is 24.5 Å². The summed E-state index contributed by atoms with van der Waals surface area (Å²) < 4.78 is 0. The summed E-state index contributed by atoms with van der Waals surface area (Å²) >= 11 is 0. The highest BCUT2D eigenvalue weighted by molar-refractivity contribution is 5.87. The molecule has 1 unspecified atom stereocenters. The van der Waals surface area contributed by atoms with Gasteiger partial charge in [0.25, 0.3) is 0 Å². The summed E-state index contributed by atoms with van der Waals surface area (Å²) in [6, 6.07) is -0.673. The summed E-state index contributed by atoms with van der Waals surface area (Å²) in [5.74, 6) is -1.53. The molecule has 0 aliphatic heterocycles. The molecule has 2 N–H and O–H groups in total. The molecule has 0 aliphatic rings. The average molecular weight is 217 g/mol. The van der Waals surface area contributed by atoms with Gasteiger partial charge in [0.05, 0.1) is 6.04 Å². The lowest BCUT2D eigenvalue weighted by molar-refractivity contribution is -0.137. The number of ketones is 1. The Labute approximate surface area is 89.9 Å². The van der Waals surface area contributed by atoms with Crippen LogP contribution in [0.5, 0.6) is 0 Å². The summed E-state index contributed by atoms with van der Waals surface area (Å²) in [5, 5.41) is 10.7. The minimum atomic E-state index is -0.975. The van der Waals surface area contributed by atoms with Gasteiger partial charge in [0, 0.05) is 13.3 Å². The number of hydrogen-bond donors (Lipinski definition) is 2. The van der Waals surface area contributed by atoms with Crippen molar-refractivity contribution in [1.29, 1.82) is 0 Å². The standard InChI is InChI=1S/C8H13NO4.C2H6/c1-5(10)7(9-6(2)11)3-4-8(12)13;1-2/h7H,3-4H2,1-2H3,(H,9,11)(H,12,13);1-2H3. The lowest BCUT2D eigenvalue weighted by Gasteiger charge is -2.12. The number of rotatable bonds is 5. The van der Waals surface area contributed by atoms with Crippen LogP contribution in [-0.4, -0.2) is 28.8 Å². The second-order valence-electron chi connectivity index (χ2n) is 2.80. The number of aliphatic carboxylic acids is 1. The molecular weight excluding hydrogens is 198 g/mol. The van der Waals surface area contributed by atoms with E-state index < -0.39 is 12.0 Å². The highest BCUT2D eigenvalue weighted by atomic mass is 16.4. The van der Waals surface area contributed by atoms with Gasteiger partial charge in [0.2, 0.25) is 5.91 Å². The van der Waals surface area contributed by atoms with Crippen LogP contribution in [0, 0.1) is 0 Å². The maximum absolute atomic E-state index is 10.9. The fourth-order valence-corrected chi connectivity index (χ4v) is 0.890. The van der Waals surface area contributed by atoms with Crippen LogP contribution in [0.15, 0.2) is 0 Å². The first-order chi connectivity index (χ1) is 6.93. The molecule has 15 heavy (non-hydrogen) atoms. The predicted molar refractivity (Wildman–Crippen MR) is 56.5 cm³/mol. The van der Waals surface area contributed by atoms with Gasteiger partial charge in [-0.05, 0) is 13.3 Å². The number of carbonyl (C=O) groups is 3. The Morgan fingerprint density at radius 2 is 1.67 bits per heavy atom. The van der Waals surface area contributed by atoms with Crippen LogP contribution in [0.3, 0.4) is 0 Å². The molecule has 0 radical (unpaired) electrons. The van der Waals surface area contributed by atoms with E-state index in [1.807, 2.05) is 13.8 Å². The third kappa shape index (κ3) is 10.5. The zero-order valence-corrected chi connectivity index (χ0v) is 9.66. The first kappa shape index (κ1) is 16.1. The Balaban J connectivity index is 0. The largest absolute Gasteiger partial charge is 0.481 e. The SMILES string of the molecule is CC.CC(=O)NC(CCC(=O)O)C(C)=O. The molecule has 88 valence electrons. The van der Waals surface area contributed by atoms with Gasteiger partial charge in [0.1, 0.15) is 0 Å². The minimum absolute atomic E-state index is 0.121. The van der Waals surface area contributed by atoms with Crippen molar-refractivity contribution >= 4 is 17.7 Å². The molecule has 1 atom stereocenters. The fourth-order valence-electron chi connectivity index (χ4n) is 0.890. The van der Waals surface area contributed by atoms with E-state index in [0.29, 0.717) is 0 Å². The Morgan fingerprint density at radius 3 is 1.93 bits per heavy atom. The number of amides is 1. The molecular formula is C10H19NO4. The van der Waals surface area contributed by atoms with Gasteiger partial charge in [-0.3, -0.25) is 14.4 Å². The number of carboxylic acid groups (broad SMARTS) is 1. The van der Waals surface area contributed by atoms with Crippen LogP contribution in [0.2, 0.25) is 0 Å². The van der Waals surface area contributed by atoms with Crippen molar-refractivity contribution in [1.82, 2.24) is 5.32 Å². The third-order valence-corrected chi connectivity index (χ3v) is 1.52. The number of carboxylic acids is 1.